The Balaban J connectivity index is 1.60. The first-order valence-electron chi connectivity index (χ1n) is 9.93. The number of piperazine rings is 1. The third kappa shape index (κ3) is 4.95. The van der Waals surface area contributed by atoms with Crippen LogP contribution >= 0.6 is 0 Å². The van der Waals surface area contributed by atoms with Crippen molar-refractivity contribution in [1.82, 2.24) is 9.62 Å². The van der Waals surface area contributed by atoms with Crippen LogP contribution in [0.5, 0.6) is 11.5 Å². The van der Waals surface area contributed by atoms with E-state index in [0.29, 0.717) is 57.4 Å². The van der Waals surface area contributed by atoms with Crippen LogP contribution in [0.15, 0.2) is 23.1 Å². The van der Waals surface area contributed by atoms with Gasteiger partial charge in [-0.2, -0.15) is 4.31 Å². The SMILES string of the molecule is CC[C@@H](C)NC(=O)C[NH+]1CCN(S(=O)(=O)c2ccc3c(c2)OCCCO3)CC1. The summed E-state index contributed by atoms with van der Waals surface area (Å²) in [7, 11) is -3.60. The zero-order valence-corrected chi connectivity index (χ0v) is 17.4. The Morgan fingerprint density at radius 1 is 1.21 bits per heavy atom. The molecule has 1 amide bonds. The molecular formula is C19H30N3O5S+. The standard InChI is InChI=1S/C19H29N3O5S/c1-3-15(2)20-19(23)14-21-7-9-22(10-8-21)28(24,25)16-5-6-17-18(13-16)27-12-4-11-26-17/h5-6,13,15H,3-4,7-12,14H2,1-2H3,(H,20,23)/p+1/t15-/m1/s1. The minimum atomic E-state index is -3.60. The smallest absolute Gasteiger partial charge is 0.275 e. The van der Waals surface area contributed by atoms with E-state index in [1.54, 1.807) is 18.2 Å². The molecule has 0 spiro atoms. The predicted molar refractivity (Wildman–Crippen MR) is 104 cm³/mol. The summed E-state index contributed by atoms with van der Waals surface area (Å²) in [6.07, 6.45) is 1.66. The molecule has 0 bridgehead atoms. The van der Waals surface area contributed by atoms with Gasteiger partial charge >= 0.3 is 0 Å². The molecule has 1 aromatic rings. The summed E-state index contributed by atoms with van der Waals surface area (Å²) in [6.45, 7) is 7.46. The van der Waals surface area contributed by atoms with Gasteiger partial charge in [0.25, 0.3) is 5.91 Å². The molecule has 28 heavy (non-hydrogen) atoms. The second-order valence-corrected chi connectivity index (χ2v) is 9.30. The van der Waals surface area contributed by atoms with Crippen LogP contribution in [0.2, 0.25) is 0 Å². The summed E-state index contributed by atoms with van der Waals surface area (Å²) in [5.74, 6) is 1.08. The number of carbonyl (C=O) groups excluding carboxylic acids is 1. The Morgan fingerprint density at radius 2 is 1.89 bits per heavy atom. The van der Waals surface area contributed by atoms with Gasteiger partial charge in [0.1, 0.15) is 0 Å². The molecule has 2 N–H and O–H groups in total. The normalized spacial score (nSPS) is 19.6. The molecule has 2 aliphatic heterocycles. The van der Waals surface area contributed by atoms with E-state index in [4.69, 9.17) is 9.47 Å². The first-order chi connectivity index (χ1) is 13.4. The van der Waals surface area contributed by atoms with E-state index < -0.39 is 10.0 Å². The number of nitrogens with one attached hydrogen (secondary N) is 2. The Labute approximate surface area is 166 Å². The monoisotopic (exact) mass is 412 g/mol. The van der Waals surface area contributed by atoms with Crippen LogP contribution in [0.25, 0.3) is 0 Å². The first-order valence-corrected chi connectivity index (χ1v) is 11.4. The number of hydrogen-bond donors (Lipinski definition) is 2. The molecule has 9 heteroatoms. The number of ether oxygens (including phenoxy) is 2. The number of sulfonamides is 1. The van der Waals surface area contributed by atoms with E-state index in [1.165, 1.54) is 4.31 Å². The van der Waals surface area contributed by atoms with E-state index in [9.17, 15) is 13.2 Å². The molecule has 1 fully saturated rings. The molecule has 1 aromatic carbocycles. The van der Waals surface area contributed by atoms with Gasteiger partial charge in [0.05, 0.1) is 44.3 Å². The highest BCUT2D eigenvalue weighted by molar-refractivity contribution is 7.89. The topological polar surface area (TPSA) is 89.4 Å². The summed E-state index contributed by atoms with van der Waals surface area (Å²) in [4.78, 5) is 13.4. The van der Waals surface area contributed by atoms with Crippen LogP contribution in [-0.4, -0.2) is 70.6 Å². The van der Waals surface area contributed by atoms with Gasteiger partial charge in [-0.15, -0.1) is 0 Å². The fourth-order valence-electron chi connectivity index (χ4n) is 3.33. The summed E-state index contributed by atoms with van der Waals surface area (Å²) >= 11 is 0. The lowest BCUT2D eigenvalue weighted by Gasteiger charge is -2.31. The maximum atomic E-state index is 13.0. The van der Waals surface area contributed by atoms with Gasteiger partial charge in [-0.1, -0.05) is 6.92 Å². The summed E-state index contributed by atoms with van der Waals surface area (Å²) in [6, 6.07) is 4.94. The average Bonchev–Trinajstić information content (AvgIpc) is 2.93. The van der Waals surface area contributed by atoms with E-state index in [2.05, 4.69) is 5.32 Å². The van der Waals surface area contributed by atoms with Gasteiger partial charge in [0.15, 0.2) is 18.0 Å². The Morgan fingerprint density at radius 3 is 2.57 bits per heavy atom. The molecule has 0 aromatic heterocycles. The average molecular weight is 413 g/mol. The third-order valence-corrected chi connectivity index (χ3v) is 7.11. The molecule has 0 radical (unpaired) electrons. The van der Waals surface area contributed by atoms with Crippen molar-refractivity contribution >= 4 is 15.9 Å². The molecule has 1 saturated heterocycles. The van der Waals surface area contributed by atoms with Crippen molar-refractivity contribution in [3.8, 4) is 11.5 Å². The molecule has 2 heterocycles. The zero-order valence-electron chi connectivity index (χ0n) is 16.6. The third-order valence-electron chi connectivity index (χ3n) is 5.22. The number of amides is 1. The molecule has 0 aliphatic carbocycles. The van der Waals surface area contributed by atoms with Crippen LogP contribution in [0, 0.1) is 0 Å². The van der Waals surface area contributed by atoms with Crippen molar-refractivity contribution in [2.24, 2.45) is 0 Å². The number of nitrogens with zero attached hydrogens (tertiary/aromatic N) is 1. The van der Waals surface area contributed by atoms with Crippen molar-refractivity contribution in [1.29, 1.82) is 0 Å². The van der Waals surface area contributed by atoms with Gasteiger partial charge in [-0.05, 0) is 25.5 Å². The van der Waals surface area contributed by atoms with Crippen LogP contribution in [0.4, 0.5) is 0 Å². The number of fused-ring (bicyclic) bond motifs is 1. The van der Waals surface area contributed by atoms with E-state index in [0.717, 1.165) is 17.7 Å². The van der Waals surface area contributed by atoms with Crippen LogP contribution in [0.3, 0.4) is 0 Å². The van der Waals surface area contributed by atoms with Gasteiger partial charge in [-0.25, -0.2) is 8.42 Å². The number of hydrogen-bond acceptors (Lipinski definition) is 5. The summed E-state index contributed by atoms with van der Waals surface area (Å²) in [5, 5.41) is 2.96. The van der Waals surface area contributed by atoms with Crippen LogP contribution in [-0.2, 0) is 14.8 Å². The maximum absolute atomic E-state index is 13.0. The Kier molecular flexibility index (Phi) is 6.79. The lowest BCUT2D eigenvalue weighted by Crippen LogP contribution is -3.15. The molecule has 2 aliphatic rings. The van der Waals surface area contributed by atoms with Gasteiger partial charge in [0, 0.05) is 18.5 Å². The number of quaternary nitrogens is 1. The highest BCUT2D eigenvalue weighted by atomic mass is 32.2. The fraction of sp³-hybridized carbons (Fsp3) is 0.632. The maximum Gasteiger partial charge on any atom is 0.275 e. The minimum absolute atomic E-state index is 0.0172. The van der Waals surface area contributed by atoms with Crippen molar-refractivity contribution in [3.63, 3.8) is 0 Å². The summed E-state index contributed by atoms with van der Waals surface area (Å²) < 4.78 is 38.7. The minimum Gasteiger partial charge on any atom is -0.490 e. The molecule has 3 rings (SSSR count). The van der Waals surface area contributed by atoms with Crippen LogP contribution in [0.1, 0.15) is 26.7 Å². The fourth-order valence-corrected chi connectivity index (χ4v) is 4.79. The first kappa shape index (κ1) is 20.9. The summed E-state index contributed by atoms with van der Waals surface area (Å²) in [5.41, 5.74) is 0. The zero-order chi connectivity index (χ0) is 20.1. The second-order valence-electron chi connectivity index (χ2n) is 7.37. The highest BCUT2D eigenvalue weighted by Crippen LogP contribution is 2.32. The van der Waals surface area contributed by atoms with Crippen LogP contribution < -0.4 is 19.7 Å². The van der Waals surface area contributed by atoms with E-state index >= 15 is 0 Å². The van der Waals surface area contributed by atoms with Crippen molar-refractivity contribution in [3.05, 3.63) is 18.2 Å². The predicted octanol–water partition coefficient (Wildman–Crippen LogP) is -0.348. The van der Waals surface area contributed by atoms with E-state index in [-0.39, 0.29) is 16.8 Å². The molecule has 0 unspecified atom stereocenters. The number of carbonyl (C=O) groups is 1. The van der Waals surface area contributed by atoms with Crippen molar-refractivity contribution in [2.45, 2.75) is 37.6 Å². The van der Waals surface area contributed by atoms with Gasteiger partial charge < -0.3 is 19.7 Å². The second kappa shape index (κ2) is 9.11. The molecular weight excluding hydrogens is 382 g/mol. The van der Waals surface area contributed by atoms with Crippen molar-refractivity contribution < 1.29 is 27.6 Å². The Hall–Kier alpha value is -1.84. The van der Waals surface area contributed by atoms with Gasteiger partial charge in [0.2, 0.25) is 10.0 Å². The largest absolute Gasteiger partial charge is 0.490 e. The number of benzene rings is 1. The Bertz CT molecular complexity index is 791. The van der Waals surface area contributed by atoms with E-state index in [1.807, 2.05) is 13.8 Å². The molecule has 0 saturated carbocycles. The lowest BCUT2D eigenvalue weighted by molar-refractivity contribution is -0.895. The molecule has 8 nitrogen and oxygen atoms in total. The lowest BCUT2D eigenvalue weighted by atomic mass is 10.2. The quantitative estimate of drug-likeness (QED) is 0.667. The highest BCUT2D eigenvalue weighted by Gasteiger charge is 2.32. The van der Waals surface area contributed by atoms with Crippen molar-refractivity contribution in [2.75, 3.05) is 45.9 Å². The molecule has 1 atom stereocenters. The molecule has 156 valence electrons. The number of rotatable bonds is 6. The van der Waals surface area contributed by atoms with Gasteiger partial charge in [-0.3, -0.25) is 4.79 Å².